The molecule has 0 saturated carbocycles. The molecule has 8 heteroatoms. The van der Waals surface area contributed by atoms with Crippen LogP contribution in [0.3, 0.4) is 0 Å². The van der Waals surface area contributed by atoms with Gasteiger partial charge in [-0.1, -0.05) is 128 Å². The number of benzene rings is 1. The summed E-state index contributed by atoms with van der Waals surface area (Å²) in [5.41, 5.74) is 1.07. The maximum absolute atomic E-state index is 13.0. The average Bonchev–Trinajstić information content (AvgIpc) is 3.03. The molecule has 44 heavy (non-hydrogen) atoms. The number of hydrogen-bond acceptors (Lipinski definition) is 6. The molecule has 1 aromatic carbocycles. The van der Waals surface area contributed by atoms with Crippen molar-refractivity contribution in [2.75, 3.05) is 26.9 Å². The standard InChI is InChI=1S/C36H62N2O6/c1-4-6-7-8-9-10-11-12-13-14-15-19-25-32(22-5-2)37-35(39)44-34-26-20-21-27-38(34)36(40)43-30-33(41-3)29-42-28-31-23-17-16-18-24-31/h16-18,23-24,32-34H,4-15,19-22,25-30H2,1-3H3,(H,37,39)/t32?,33?,34-/m0/s1. The third kappa shape index (κ3) is 17.2. The first-order valence-corrected chi connectivity index (χ1v) is 17.6. The molecule has 8 nitrogen and oxygen atoms in total. The zero-order valence-electron chi connectivity index (χ0n) is 28.1. The molecule has 1 aliphatic rings. The SMILES string of the molecule is CCCCCCCCCCCCCCC(CCC)NC(=O)O[C@H]1CCCCN1C(=O)OCC(COCc1ccccc1)OC. The number of piperidine rings is 1. The highest BCUT2D eigenvalue weighted by Gasteiger charge is 2.31. The Morgan fingerprint density at radius 1 is 0.841 bits per heavy atom. The summed E-state index contributed by atoms with van der Waals surface area (Å²) in [5, 5.41) is 3.08. The molecule has 2 unspecified atom stereocenters. The number of hydrogen-bond donors (Lipinski definition) is 1. The Hall–Kier alpha value is -2.32. The molecular weight excluding hydrogens is 556 g/mol. The minimum Gasteiger partial charge on any atom is -0.446 e. The average molecular weight is 619 g/mol. The fraction of sp³-hybridized carbons (Fsp3) is 0.778. The Morgan fingerprint density at radius 2 is 1.50 bits per heavy atom. The maximum Gasteiger partial charge on any atom is 0.412 e. The quantitative estimate of drug-likeness (QED) is 0.116. The van der Waals surface area contributed by atoms with Gasteiger partial charge in [-0.15, -0.1) is 0 Å². The lowest BCUT2D eigenvalue weighted by atomic mass is 10.0. The first-order valence-electron chi connectivity index (χ1n) is 17.6. The number of alkyl carbamates (subject to hydrolysis) is 1. The van der Waals surface area contributed by atoms with Gasteiger partial charge in [-0.3, -0.25) is 4.90 Å². The number of nitrogens with one attached hydrogen (secondary N) is 1. The highest BCUT2D eigenvalue weighted by molar-refractivity contribution is 5.70. The topological polar surface area (TPSA) is 86.3 Å². The highest BCUT2D eigenvalue weighted by atomic mass is 16.6. The molecule has 0 aliphatic carbocycles. The molecule has 1 N–H and O–H groups in total. The van der Waals surface area contributed by atoms with E-state index in [0.29, 0.717) is 26.2 Å². The number of methoxy groups -OCH3 is 1. The first-order chi connectivity index (χ1) is 21.6. The Bertz CT molecular complexity index is 854. The van der Waals surface area contributed by atoms with Crippen LogP contribution in [0.5, 0.6) is 0 Å². The summed E-state index contributed by atoms with van der Waals surface area (Å²) < 4.78 is 22.5. The molecule has 2 amide bonds. The highest BCUT2D eigenvalue weighted by Crippen LogP contribution is 2.20. The van der Waals surface area contributed by atoms with Crippen molar-refractivity contribution in [2.24, 2.45) is 0 Å². The summed E-state index contributed by atoms with van der Waals surface area (Å²) in [5.74, 6) is 0. The lowest BCUT2D eigenvalue weighted by molar-refractivity contribution is -0.0571. The van der Waals surface area contributed by atoms with Crippen LogP contribution in [-0.4, -0.2) is 62.3 Å². The lowest BCUT2D eigenvalue weighted by Crippen LogP contribution is -2.49. The van der Waals surface area contributed by atoms with Crippen LogP contribution >= 0.6 is 0 Å². The normalized spacial score (nSPS) is 16.3. The Morgan fingerprint density at radius 3 is 2.14 bits per heavy atom. The third-order valence-electron chi connectivity index (χ3n) is 8.43. The Balaban J connectivity index is 1.65. The zero-order chi connectivity index (χ0) is 31.7. The van der Waals surface area contributed by atoms with Gasteiger partial charge in [0.05, 0.1) is 13.2 Å². The summed E-state index contributed by atoms with van der Waals surface area (Å²) >= 11 is 0. The van der Waals surface area contributed by atoms with Crippen LogP contribution in [0.1, 0.15) is 135 Å². The molecule has 3 atom stereocenters. The summed E-state index contributed by atoms with van der Waals surface area (Å²) in [6.07, 6.45) is 19.1. The van der Waals surface area contributed by atoms with Gasteiger partial charge in [-0.2, -0.15) is 0 Å². The number of ether oxygens (including phenoxy) is 4. The molecule has 1 saturated heterocycles. The van der Waals surface area contributed by atoms with Gasteiger partial charge < -0.3 is 24.3 Å². The fourth-order valence-corrected chi connectivity index (χ4v) is 5.74. The number of carbonyl (C=O) groups is 2. The summed E-state index contributed by atoms with van der Waals surface area (Å²) in [6.45, 7) is 5.74. The van der Waals surface area contributed by atoms with Crippen molar-refractivity contribution in [1.29, 1.82) is 0 Å². The second-order valence-electron chi connectivity index (χ2n) is 12.3. The molecule has 2 rings (SSSR count). The molecule has 1 aliphatic heterocycles. The Labute approximate surface area is 267 Å². The molecule has 252 valence electrons. The monoisotopic (exact) mass is 618 g/mol. The van der Waals surface area contributed by atoms with E-state index in [0.717, 1.165) is 44.1 Å². The van der Waals surface area contributed by atoms with Gasteiger partial charge in [-0.05, 0) is 31.2 Å². The minimum atomic E-state index is -0.625. The van der Waals surface area contributed by atoms with Gasteiger partial charge in [0.15, 0.2) is 6.23 Å². The Kier molecular flexibility index (Phi) is 21.5. The van der Waals surface area contributed by atoms with E-state index in [9.17, 15) is 9.59 Å². The van der Waals surface area contributed by atoms with Crippen LogP contribution < -0.4 is 5.32 Å². The van der Waals surface area contributed by atoms with E-state index >= 15 is 0 Å². The minimum absolute atomic E-state index is 0.0666. The van der Waals surface area contributed by atoms with Crippen LogP contribution in [0.4, 0.5) is 9.59 Å². The number of rotatable bonds is 24. The van der Waals surface area contributed by atoms with Crippen LogP contribution in [0.25, 0.3) is 0 Å². The van der Waals surface area contributed by atoms with Gasteiger partial charge >= 0.3 is 12.2 Å². The molecule has 0 spiro atoms. The van der Waals surface area contributed by atoms with Crippen molar-refractivity contribution in [3.8, 4) is 0 Å². The predicted octanol–water partition coefficient (Wildman–Crippen LogP) is 9.15. The van der Waals surface area contributed by atoms with E-state index in [1.807, 2.05) is 30.3 Å². The van der Waals surface area contributed by atoms with Crippen LogP contribution in [0.2, 0.25) is 0 Å². The summed E-state index contributed by atoms with van der Waals surface area (Å²) in [7, 11) is 1.57. The number of amides is 2. The molecule has 0 radical (unpaired) electrons. The molecule has 0 aromatic heterocycles. The van der Waals surface area contributed by atoms with Gasteiger partial charge in [-0.25, -0.2) is 9.59 Å². The molecule has 1 heterocycles. The van der Waals surface area contributed by atoms with E-state index < -0.39 is 18.4 Å². The van der Waals surface area contributed by atoms with Crippen molar-refractivity contribution in [3.05, 3.63) is 35.9 Å². The number of likely N-dealkylation sites (tertiary alicyclic amines) is 1. The van der Waals surface area contributed by atoms with Crippen molar-refractivity contribution in [1.82, 2.24) is 10.2 Å². The molecule has 1 aromatic rings. The maximum atomic E-state index is 13.0. The van der Waals surface area contributed by atoms with Crippen molar-refractivity contribution in [3.63, 3.8) is 0 Å². The van der Waals surface area contributed by atoms with Gasteiger partial charge in [0, 0.05) is 26.1 Å². The molecule has 0 bridgehead atoms. The largest absolute Gasteiger partial charge is 0.446 e. The molecular formula is C36H62N2O6. The van der Waals surface area contributed by atoms with Crippen LogP contribution in [0, 0.1) is 0 Å². The molecule has 1 fully saturated rings. The van der Waals surface area contributed by atoms with Crippen molar-refractivity contribution >= 4 is 12.2 Å². The second-order valence-corrected chi connectivity index (χ2v) is 12.3. The van der Waals surface area contributed by atoms with Crippen LogP contribution in [0.15, 0.2) is 30.3 Å². The van der Waals surface area contributed by atoms with E-state index in [2.05, 4.69) is 19.2 Å². The van der Waals surface area contributed by atoms with Crippen LogP contribution in [-0.2, 0) is 25.6 Å². The summed E-state index contributed by atoms with van der Waals surface area (Å²) in [4.78, 5) is 27.4. The fourth-order valence-electron chi connectivity index (χ4n) is 5.74. The van der Waals surface area contributed by atoms with Crippen molar-refractivity contribution < 1.29 is 28.5 Å². The number of unbranched alkanes of at least 4 members (excludes halogenated alkanes) is 11. The van der Waals surface area contributed by atoms with Gasteiger partial charge in [0.1, 0.15) is 12.7 Å². The van der Waals surface area contributed by atoms with Gasteiger partial charge in [0.2, 0.25) is 0 Å². The third-order valence-corrected chi connectivity index (χ3v) is 8.43. The smallest absolute Gasteiger partial charge is 0.412 e. The van der Waals surface area contributed by atoms with E-state index in [1.54, 1.807) is 7.11 Å². The van der Waals surface area contributed by atoms with Gasteiger partial charge in [0.25, 0.3) is 0 Å². The number of carbonyl (C=O) groups excluding carboxylic acids is 2. The van der Waals surface area contributed by atoms with Crippen molar-refractivity contribution in [2.45, 2.75) is 154 Å². The zero-order valence-corrected chi connectivity index (χ0v) is 28.1. The first kappa shape index (κ1) is 37.9. The second kappa shape index (κ2) is 24.9. The number of nitrogens with zero attached hydrogens (tertiary/aromatic N) is 1. The lowest BCUT2D eigenvalue weighted by Gasteiger charge is -2.34. The summed E-state index contributed by atoms with van der Waals surface area (Å²) in [6, 6.07) is 9.99. The predicted molar refractivity (Wildman–Crippen MR) is 177 cm³/mol. The van der Waals surface area contributed by atoms with E-state index in [-0.39, 0.29) is 18.8 Å². The van der Waals surface area contributed by atoms with E-state index in [1.165, 1.54) is 75.5 Å². The van der Waals surface area contributed by atoms with E-state index in [4.69, 9.17) is 18.9 Å².